The summed E-state index contributed by atoms with van der Waals surface area (Å²) < 4.78 is 34.8. The van der Waals surface area contributed by atoms with E-state index in [0.29, 0.717) is 53.3 Å². The van der Waals surface area contributed by atoms with E-state index in [0.717, 1.165) is 5.82 Å². The molecule has 41 heavy (non-hydrogen) atoms. The van der Waals surface area contributed by atoms with Crippen LogP contribution in [0.15, 0.2) is 90.0 Å². The van der Waals surface area contributed by atoms with E-state index in [1.807, 2.05) is 11.0 Å². The molecule has 2 heterocycles. The number of carbonyl (C=O) groups excluding carboxylic acids is 1. The molecular weight excluding hydrogens is 585 g/mol. The van der Waals surface area contributed by atoms with Crippen LogP contribution in [-0.2, 0) is 10.0 Å². The van der Waals surface area contributed by atoms with E-state index < -0.39 is 10.0 Å². The van der Waals surface area contributed by atoms with Crippen molar-refractivity contribution in [2.24, 2.45) is 0 Å². The number of nitrogens with zero attached hydrogens (tertiary/aromatic N) is 4. The molecule has 0 aliphatic carbocycles. The Morgan fingerprint density at radius 1 is 0.951 bits per heavy atom. The Bertz CT molecular complexity index is 1720. The Morgan fingerprint density at radius 3 is 2.34 bits per heavy atom. The van der Waals surface area contributed by atoms with Crippen molar-refractivity contribution in [3.8, 4) is 17.6 Å². The number of sulfonamides is 1. The van der Waals surface area contributed by atoms with Crippen molar-refractivity contribution in [2.75, 3.05) is 35.8 Å². The summed E-state index contributed by atoms with van der Waals surface area (Å²) in [6.07, 6.45) is 1.51. The molecule has 4 aromatic rings. The lowest BCUT2D eigenvalue weighted by atomic mass is 10.1. The summed E-state index contributed by atoms with van der Waals surface area (Å²) in [4.78, 5) is 21.5. The number of nitriles is 1. The van der Waals surface area contributed by atoms with Crippen molar-refractivity contribution in [2.45, 2.75) is 4.90 Å². The number of anilines is 2. The van der Waals surface area contributed by atoms with E-state index in [4.69, 9.17) is 33.2 Å². The van der Waals surface area contributed by atoms with Crippen LogP contribution in [0.2, 0.25) is 10.0 Å². The highest BCUT2D eigenvalue weighted by Crippen LogP contribution is 2.30. The van der Waals surface area contributed by atoms with E-state index in [-0.39, 0.29) is 22.1 Å². The first kappa shape index (κ1) is 28.2. The Labute approximate surface area is 247 Å². The second-order valence-electron chi connectivity index (χ2n) is 9.10. The van der Waals surface area contributed by atoms with Crippen LogP contribution in [0, 0.1) is 11.3 Å². The first-order chi connectivity index (χ1) is 19.7. The zero-order valence-electron chi connectivity index (χ0n) is 21.5. The number of aromatic nitrogens is 1. The fourth-order valence-corrected chi connectivity index (χ4v) is 5.70. The van der Waals surface area contributed by atoms with Gasteiger partial charge in [-0.1, -0.05) is 35.3 Å². The molecule has 1 aliphatic heterocycles. The van der Waals surface area contributed by atoms with Gasteiger partial charge in [0.25, 0.3) is 15.9 Å². The third kappa shape index (κ3) is 6.55. The lowest BCUT2D eigenvalue weighted by Gasteiger charge is -2.35. The van der Waals surface area contributed by atoms with Crippen LogP contribution < -0.4 is 14.4 Å². The number of benzene rings is 3. The number of piperazine rings is 1. The highest BCUT2D eigenvalue weighted by atomic mass is 35.5. The van der Waals surface area contributed by atoms with Gasteiger partial charge < -0.3 is 14.5 Å². The second kappa shape index (κ2) is 12.1. The molecule has 1 aliphatic rings. The molecule has 1 fully saturated rings. The van der Waals surface area contributed by atoms with E-state index in [1.54, 1.807) is 41.3 Å². The minimum atomic E-state index is -4.05. The van der Waals surface area contributed by atoms with Gasteiger partial charge in [0.05, 0.1) is 26.7 Å². The molecule has 0 radical (unpaired) electrons. The minimum Gasteiger partial charge on any atom is -0.456 e. The largest absolute Gasteiger partial charge is 0.456 e. The normalized spacial score (nSPS) is 13.4. The summed E-state index contributed by atoms with van der Waals surface area (Å²) in [6, 6.07) is 22.8. The minimum absolute atomic E-state index is 0.0131. The number of nitrogens with one attached hydrogen (secondary N) is 1. The standard InChI is InChI=1S/C29H23Cl2N5O4S/c30-21-6-11-26(34-41(38,39)23-9-7-22(8-10-23)40-27-4-2-1-3-25(27)31)24(17-21)29(37)36-15-13-35(14-16-36)28-12-5-20(18-32)19-33-28/h1-12,17,19,34H,13-16H2. The maximum atomic E-state index is 13.5. The summed E-state index contributed by atoms with van der Waals surface area (Å²) in [5.74, 6) is 1.23. The molecule has 0 saturated carbocycles. The molecule has 3 aromatic carbocycles. The molecule has 1 amide bonds. The Hall–Kier alpha value is -4.30. The van der Waals surface area contributed by atoms with Crippen LogP contribution in [0.3, 0.4) is 0 Å². The van der Waals surface area contributed by atoms with Crippen LogP contribution >= 0.6 is 23.2 Å². The molecule has 0 bridgehead atoms. The predicted octanol–water partition coefficient (Wildman–Crippen LogP) is 5.82. The monoisotopic (exact) mass is 607 g/mol. The molecule has 1 saturated heterocycles. The fraction of sp³-hybridized carbons (Fsp3) is 0.138. The molecule has 0 spiro atoms. The number of halogens is 2. The average Bonchev–Trinajstić information content (AvgIpc) is 2.99. The molecule has 9 nitrogen and oxygen atoms in total. The van der Waals surface area contributed by atoms with Crippen molar-refractivity contribution in [1.29, 1.82) is 5.26 Å². The summed E-state index contributed by atoms with van der Waals surface area (Å²) >= 11 is 12.3. The van der Waals surface area contributed by atoms with Crippen molar-refractivity contribution >= 4 is 50.6 Å². The number of pyridine rings is 1. The first-order valence-electron chi connectivity index (χ1n) is 12.5. The summed E-state index contributed by atoms with van der Waals surface area (Å²) in [5.41, 5.74) is 0.733. The van der Waals surface area contributed by atoms with Gasteiger partial charge in [0.15, 0.2) is 0 Å². The van der Waals surface area contributed by atoms with Crippen molar-refractivity contribution in [3.05, 3.63) is 106 Å². The Kier molecular flexibility index (Phi) is 8.31. The van der Waals surface area contributed by atoms with Crippen LogP contribution in [0.1, 0.15) is 15.9 Å². The van der Waals surface area contributed by atoms with Gasteiger partial charge in [-0.2, -0.15) is 5.26 Å². The fourth-order valence-electron chi connectivity index (χ4n) is 4.28. The molecular formula is C29H23Cl2N5O4S. The van der Waals surface area contributed by atoms with Crippen LogP contribution in [0.4, 0.5) is 11.5 Å². The lowest BCUT2D eigenvalue weighted by Crippen LogP contribution is -2.49. The van der Waals surface area contributed by atoms with Gasteiger partial charge in [-0.25, -0.2) is 13.4 Å². The molecule has 0 atom stereocenters. The molecule has 0 unspecified atom stereocenters. The topological polar surface area (TPSA) is 116 Å². The summed E-state index contributed by atoms with van der Waals surface area (Å²) in [5, 5.41) is 9.71. The molecule has 208 valence electrons. The average molecular weight is 609 g/mol. The second-order valence-corrected chi connectivity index (χ2v) is 11.6. The molecule has 1 N–H and O–H groups in total. The van der Waals surface area contributed by atoms with E-state index >= 15 is 0 Å². The molecule has 1 aromatic heterocycles. The number of hydrogen-bond acceptors (Lipinski definition) is 7. The van der Waals surface area contributed by atoms with Gasteiger partial charge in [-0.3, -0.25) is 9.52 Å². The van der Waals surface area contributed by atoms with Crippen molar-refractivity contribution in [1.82, 2.24) is 9.88 Å². The Morgan fingerprint density at radius 2 is 1.68 bits per heavy atom. The van der Waals surface area contributed by atoms with E-state index in [2.05, 4.69) is 9.71 Å². The van der Waals surface area contributed by atoms with Crippen LogP contribution in [0.25, 0.3) is 0 Å². The van der Waals surface area contributed by atoms with E-state index in [1.165, 1.54) is 48.7 Å². The smallest absolute Gasteiger partial charge is 0.261 e. The van der Waals surface area contributed by atoms with Gasteiger partial charge in [-0.05, 0) is 66.7 Å². The SMILES string of the molecule is N#Cc1ccc(N2CCN(C(=O)c3cc(Cl)ccc3NS(=O)(=O)c3ccc(Oc4ccccc4Cl)cc3)CC2)nc1. The number of amides is 1. The maximum Gasteiger partial charge on any atom is 0.261 e. The Balaban J connectivity index is 1.29. The number of carbonyl (C=O) groups is 1. The number of ether oxygens (including phenoxy) is 1. The van der Waals surface area contributed by atoms with Gasteiger partial charge in [0, 0.05) is 37.4 Å². The zero-order chi connectivity index (χ0) is 29.0. The third-order valence-corrected chi connectivity index (χ3v) is 8.35. The maximum absolute atomic E-state index is 13.5. The number of rotatable bonds is 7. The predicted molar refractivity (Wildman–Crippen MR) is 157 cm³/mol. The molecule has 12 heteroatoms. The van der Waals surface area contributed by atoms with Crippen molar-refractivity contribution < 1.29 is 17.9 Å². The zero-order valence-corrected chi connectivity index (χ0v) is 23.8. The van der Waals surface area contributed by atoms with E-state index in [9.17, 15) is 13.2 Å². The number of hydrogen-bond donors (Lipinski definition) is 1. The molecule has 5 rings (SSSR count). The van der Waals surface area contributed by atoms with Crippen LogP contribution in [-0.4, -0.2) is 50.4 Å². The van der Waals surface area contributed by atoms with Gasteiger partial charge in [-0.15, -0.1) is 0 Å². The van der Waals surface area contributed by atoms with Crippen molar-refractivity contribution in [3.63, 3.8) is 0 Å². The quantitative estimate of drug-likeness (QED) is 0.281. The highest BCUT2D eigenvalue weighted by Gasteiger charge is 2.26. The highest BCUT2D eigenvalue weighted by molar-refractivity contribution is 7.92. The van der Waals surface area contributed by atoms with Gasteiger partial charge in [0.2, 0.25) is 0 Å². The third-order valence-electron chi connectivity index (χ3n) is 6.42. The summed E-state index contributed by atoms with van der Waals surface area (Å²) in [6.45, 7) is 1.84. The first-order valence-corrected chi connectivity index (χ1v) is 14.7. The number of para-hydroxylation sites is 1. The summed E-state index contributed by atoms with van der Waals surface area (Å²) in [7, 11) is -4.05. The van der Waals surface area contributed by atoms with Crippen LogP contribution in [0.5, 0.6) is 11.5 Å². The lowest BCUT2D eigenvalue weighted by molar-refractivity contribution is 0.0747. The van der Waals surface area contributed by atoms with Gasteiger partial charge >= 0.3 is 0 Å². The van der Waals surface area contributed by atoms with Gasteiger partial charge in [0.1, 0.15) is 23.4 Å².